The zero-order valence-electron chi connectivity index (χ0n) is 15.1. The van der Waals surface area contributed by atoms with Gasteiger partial charge in [-0.25, -0.2) is 8.42 Å². The Morgan fingerprint density at radius 2 is 1.80 bits per heavy atom. The zero-order valence-corrected chi connectivity index (χ0v) is 16.7. The minimum Gasteiger partial charge on any atom is -0.303 e. The number of rotatable bonds is 10. The molecule has 0 saturated carbocycles. The molecule has 0 radical (unpaired) electrons. The third-order valence-corrected chi connectivity index (χ3v) is 5.99. The molecule has 0 spiro atoms. The fraction of sp³-hybridized carbons (Fsp3) is 0.625. The lowest BCUT2D eigenvalue weighted by Crippen LogP contribution is -2.40. The summed E-state index contributed by atoms with van der Waals surface area (Å²) in [7, 11) is -4.03. The maximum Gasteiger partial charge on any atom is 0.289 e. The highest BCUT2D eigenvalue weighted by Gasteiger charge is 2.32. The summed E-state index contributed by atoms with van der Waals surface area (Å²) in [5.41, 5.74) is -0.457. The largest absolute Gasteiger partial charge is 0.303 e. The molecule has 1 aromatic rings. The standard InChI is InChI=1S/C16H26ClN3O4S/c1-5-18(6-2)9-10-19(12-13(3)4)25(23,24)16-11-14(17)7-8-15(16)20(21)22/h7-8,11,13H,5-6,9-10,12H2,1-4H3. The third-order valence-electron chi connectivity index (χ3n) is 3.87. The Labute approximate surface area is 154 Å². The Kier molecular flexibility index (Phi) is 8.27. The highest BCUT2D eigenvalue weighted by Crippen LogP contribution is 2.30. The Morgan fingerprint density at radius 1 is 1.20 bits per heavy atom. The van der Waals surface area contributed by atoms with Gasteiger partial charge in [-0.05, 0) is 31.1 Å². The van der Waals surface area contributed by atoms with Gasteiger partial charge in [0.25, 0.3) is 5.69 Å². The second kappa shape index (κ2) is 9.47. The van der Waals surface area contributed by atoms with Crippen LogP contribution in [0.3, 0.4) is 0 Å². The number of sulfonamides is 1. The molecular weight excluding hydrogens is 366 g/mol. The van der Waals surface area contributed by atoms with Crippen LogP contribution < -0.4 is 0 Å². The smallest absolute Gasteiger partial charge is 0.289 e. The molecule has 0 aliphatic carbocycles. The summed E-state index contributed by atoms with van der Waals surface area (Å²) in [6, 6.07) is 3.61. The summed E-state index contributed by atoms with van der Waals surface area (Å²) in [4.78, 5) is 12.3. The Morgan fingerprint density at radius 3 is 2.28 bits per heavy atom. The van der Waals surface area contributed by atoms with Gasteiger partial charge in [0.15, 0.2) is 4.90 Å². The van der Waals surface area contributed by atoms with Gasteiger partial charge in [0.1, 0.15) is 0 Å². The summed E-state index contributed by atoms with van der Waals surface area (Å²) < 4.78 is 27.5. The Hall–Kier alpha value is -1.22. The second-order valence-electron chi connectivity index (χ2n) is 6.15. The molecule has 0 saturated heterocycles. The molecule has 0 atom stereocenters. The molecule has 1 aromatic carbocycles. The number of nitro groups is 1. The molecule has 0 aliphatic heterocycles. The van der Waals surface area contributed by atoms with Crippen LogP contribution >= 0.6 is 11.6 Å². The lowest BCUT2D eigenvalue weighted by Gasteiger charge is -2.27. The first-order valence-corrected chi connectivity index (χ1v) is 10.1. The maximum atomic E-state index is 13.1. The fourth-order valence-electron chi connectivity index (χ4n) is 2.49. The van der Waals surface area contributed by atoms with E-state index in [2.05, 4.69) is 4.90 Å². The second-order valence-corrected chi connectivity index (χ2v) is 8.50. The summed E-state index contributed by atoms with van der Waals surface area (Å²) in [6.45, 7) is 10.6. The number of hydrogen-bond donors (Lipinski definition) is 0. The number of likely N-dealkylation sites (N-methyl/N-ethyl adjacent to an activating group) is 1. The molecule has 0 aliphatic rings. The van der Waals surface area contributed by atoms with Crippen molar-refractivity contribution < 1.29 is 13.3 Å². The summed E-state index contributed by atoms with van der Waals surface area (Å²) in [6.07, 6.45) is 0. The van der Waals surface area contributed by atoms with E-state index in [0.717, 1.165) is 25.2 Å². The van der Waals surface area contributed by atoms with Gasteiger partial charge in [0.2, 0.25) is 10.0 Å². The van der Waals surface area contributed by atoms with E-state index in [1.165, 1.54) is 10.4 Å². The first-order chi connectivity index (χ1) is 11.6. The van der Waals surface area contributed by atoms with E-state index in [4.69, 9.17) is 11.6 Å². The van der Waals surface area contributed by atoms with Crippen molar-refractivity contribution in [1.29, 1.82) is 0 Å². The summed E-state index contributed by atoms with van der Waals surface area (Å²) in [5, 5.41) is 11.4. The van der Waals surface area contributed by atoms with Crippen LogP contribution in [0.25, 0.3) is 0 Å². The lowest BCUT2D eigenvalue weighted by atomic mass is 10.2. The molecule has 0 heterocycles. The van der Waals surface area contributed by atoms with E-state index in [1.54, 1.807) is 0 Å². The molecule has 25 heavy (non-hydrogen) atoms. The van der Waals surface area contributed by atoms with Crippen molar-refractivity contribution in [2.24, 2.45) is 5.92 Å². The number of nitro benzene ring substituents is 1. The van der Waals surface area contributed by atoms with E-state index in [9.17, 15) is 18.5 Å². The van der Waals surface area contributed by atoms with Crippen LogP contribution in [-0.4, -0.2) is 55.3 Å². The van der Waals surface area contributed by atoms with Crippen molar-refractivity contribution >= 4 is 27.3 Å². The predicted octanol–water partition coefficient (Wildman–Crippen LogP) is 3.24. The molecule has 0 bridgehead atoms. The van der Waals surface area contributed by atoms with Crippen molar-refractivity contribution in [3.05, 3.63) is 33.3 Å². The molecular formula is C16H26ClN3O4S. The van der Waals surface area contributed by atoms with Gasteiger partial charge in [-0.3, -0.25) is 10.1 Å². The van der Waals surface area contributed by atoms with Crippen LogP contribution in [0, 0.1) is 16.0 Å². The van der Waals surface area contributed by atoms with Crippen LogP contribution in [-0.2, 0) is 10.0 Å². The van der Waals surface area contributed by atoms with E-state index < -0.39 is 20.6 Å². The molecule has 0 unspecified atom stereocenters. The third kappa shape index (κ3) is 5.91. The number of nitrogens with zero attached hydrogens (tertiary/aromatic N) is 3. The minimum absolute atomic E-state index is 0.0877. The fourth-order valence-corrected chi connectivity index (χ4v) is 4.51. The number of halogens is 1. The normalized spacial score (nSPS) is 12.3. The van der Waals surface area contributed by atoms with Crippen molar-refractivity contribution in [3.63, 3.8) is 0 Å². The Bertz CT molecular complexity index is 691. The first-order valence-electron chi connectivity index (χ1n) is 8.29. The van der Waals surface area contributed by atoms with Gasteiger partial charge in [-0.1, -0.05) is 39.3 Å². The van der Waals surface area contributed by atoms with Gasteiger partial charge in [-0.2, -0.15) is 4.31 Å². The first kappa shape index (κ1) is 21.8. The molecule has 0 fully saturated rings. The van der Waals surface area contributed by atoms with E-state index >= 15 is 0 Å². The average Bonchev–Trinajstić information content (AvgIpc) is 2.53. The van der Waals surface area contributed by atoms with Crippen LogP contribution in [0.2, 0.25) is 5.02 Å². The van der Waals surface area contributed by atoms with Crippen LogP contribution in [0.1, 0.15) is 27.7 Å². The van der Waals surface area contributed by atoms with E-state index in [1.807, 2.05) is 27.7 Å². The molecule has 0 amide bonds. The minimum atomic E-state index is -4.03. The molecule has 142 valence electrons. The van der Waals surface area contributed by atoms with Gasteiger partial charge in [0.05, 0.1) is 4.92 Å². The lowest BCUT2D eigenvalue weighted by molar-refractivity contribution is -0.387. The SMILES string of the molecule is CCN(CC)CCN(CC(C)C)S(=O)(=O)c1cc(Cl)ccc1[N+](=O)[O-]. The molecule has 1 rings (SSSR count). The van der Waals surface area contributed by atoms with Gasteiger partial charge >= 0.3 is 0 Å². The number of hydrogen-bond acceptors (Lipinski definition) is 5. The topological polar surface area (TPSA) is 83.8 Å². The number of benzene rings is 1. The molecule has 7 nitrogen and oxygen atoms in total. The van der Waals surface area contributed by atoms with E-state index in [0.29, 0.717) is 6.54 Å². The molecule has 9 heteroatoms. The van der Waals surface area contributed by atoms with Gasteiger partial charge in [0, 0.05) is 30.7 Å². The van der Waals surface area contributed by atoms with Crippen LogP contribution in [0.4, 0.5) is 5.69 Å². The molecule has 0 N–H and O–H groups in total. The monoisotopic (exact) mass is 391 g/mol. The predicted molar refractivity (Wildman–Crippen MR) is 99.5 cm³/mol. The van der Waals surface area contributed by atoms with Crippen molar-refractivity contribution in [3.8, 4) is 0 Å². The van der Waals surface area contributed by atoms with Gasteiger partial charge in [-0.15, -0.1) is 0 Å². The highest BCUT2D eigenvalue weighted by molar-refractivity contribution is 7.89. The van der Waals surface area contributed by atoms with Gasteiger partial charge < -0.3 is 4.90 Å². The average molecular weight is 392 g/mol. The van der Waals surface area contributed by atoms with Crippen molar-refractivity contribution in [2.75, 3.05) is 32.7 Å². The zero-order chi connectivity index (χ0) is 19.2. The van der Waals surface area contributed by atoms with Crippen molar-refractivity contribution in [1.82, 2.24) is 9.21 Å². The highest BCUT2D eigenvalue weighted by atomic mass is 35.5. The Balaban J connectivity index is 3.27. The summed E-state index contributed by atoms with van der Waals surface area (Å²) >= 11 is 5.90. The van der Waals surface area contributed by atoms with Crippen molar-refractivity contribution in [2.45, 2.75) is 32.6 Å². The molecule has 0 aromatic heterocycles. The van der Waals surface area contributed by atoms with E-state index in [-0.39, 0.29) is 28.9 Å². The maximum absolute atomic E-state index is 13.1. The van der Waals surface area contributed by atoms with Crippen LogP contribution in [0.5, 0.6) is 0 Å². The quantitative estimate of drug-likeness (QED) is 0.451. The summed E-state index contributed by atoms with van der Waals surface area (Å²) in [5.74, 6) is 0.0877. The van der Waals surface area contributed by atoms with Crippen LogP contribution in [0.15, 0.2) is 23.1 Å².